The molecule has 11 heteroatoms. The number of aromatic hydroxyl groups is 2. The van der Waals surface area contributed by atoms with Gasteiger partial charge in [0.2, 0.25) is 0 Å². The molecule has 1 unspecified atom stereocenters. The summed E-state index contributed by atoms with van der Waals surface area (Å²) in [4.78, 5) is 37.2. The van der Waals surface area contributed by atoms with Gasteiger partial charge < -0.3 is 25.0 Å². The number of nitro benzene ring substituents is 1. The molecule has 3 aromatic carbocycles. The van der Waals surface area contributed by atoms with E-state index in [1.165, 1.54) is 19.2 Å². The number of benzene rings is 3. The molecule has 2 heterocycles. The lowest BCUT2D eigenvalue weighted by Crippen LogP contribution is -2.37. The zero-order valence-corrected chi connectivity index (χ0v) is 27.1. The smallest absolute Gasteiger partial charge is 0.336 e. The van der Waals surface area contributed by atoms with Crippen molar-refractivity contribution in [1.82, 2.24) is 10.2 Å². The van der Waals surface area contributed by atoms with Gasteiger partial charge in [-0.15, -0.1) is 0 Å². The van der Waals surface area contributed by atoms with Crippen LogP contribution < -0.4 is 5.32 Å². The molecule has 1 fully saturated rings. The van der Waals surface area contributed by atoms with Gasteiger partial charge in [0.25, 0.3) is 5.69 Å². The number of esters is 2. The Morgan fingerprint density at radius 2 is 1.45 bits per heavy atom. The van der Waals surface area contributed by atoms with E-state index in [0.717, 1.165) is 30.6 Å². The molecule has 11 nitrogen and oxygen atoms in total. The van der Waals surface area contributed by atoms with E-state index in [0.29, 0.717) is 35.5 Å². The van der Waals surface area contributed by atoms with Crippen molar-refractivity contribution in [2.75, 3.05) is 26.7 Å². The number of carbonyl (C=O) groups is 2. The van der Waals surface area contributed by atoms with E-state index in [1.807, 2.05) is 38.1 Å². The number of likely N-dealkylation sites (tertiary alicyclic amines) is 1. The summed E-state index contributed by atoms with van der Waals surface area (Å²) < 4.78 is 10.9. The number of hydrogen-bond donors (Lipinski definition) is 3. The summed E-state index contributed by atoms with van der Waals surface area (Å²) in [5.41, 5.74) is 3.90. The molecule has 0 bridgehead atoms. The molecule has 3 aromatic rings. The maximum Gasteiger partial charge on any atom is 0.336 e. The number of nitrogens with one attached hydrogen (secondary N) is 1. The van der Waals surface area contributed by atoms with E-state index in [1.54, 1.807) is 49.4 Å². The lowest BCUT2D eigenvalue weighted by Gasteiger charge is -2.28. The molecule has 2 aliphatic heterocycles. The minimum atomic E-state index is -0.640. The van der Waals surface area contributed by atoms with Crippen LogP contribution in [-0.2, 0) is 19.1 Å². The molecule has 248 valence electrons. The standard InChI is InChI=1S/C30H36N2O6.C6H5NO2/c1-19-26(28(35)37-4)17-27(20(2)31-19)29(36)38-30(3)14-16-32(18-30)15-13-25(21-5-9-23(33)10-6-21)22-7-11-24(34)12-8-22;8-7(9)6-4-2-1-3-5-6/h5-12,25,31,33-34H,13-18H2,1-4H3;1-5H. The molecule has 2 aliphatic rings. The molecular weight excluding hydrogens is 602 g/mol. The van der Waals surface area contributed by atoms with Crippen LogP contribution in [0.4, 0.5) is 5.69 Å². The van der Waals surface area contributed by atoms with E-state index >= 15 is 0 Å². The molecule has 47 heavy (non-hydrogen) atoms. The second kappa shape index (κ2) is 15.4. The van der Waals surface area contributed by atoms with Crippen molar-refractivity contribution in [3.05, 3.63) is 123 Å². The number of carbonyl (C=O) groups excluding carboxylic acids is 2. The molecule has 5 rings (SSSR count). The zero-order chi connectivity index (χ0) is 34.1. The Bertz CT molecular complexity index is 1590. The Morgan fingerprint density at radius 3 is 1.94 bits per heavy atom. The van der Waals surface area contributed by atoms with Gasteiger partial charge in [0.05, 0.1) is 23.2 Å². The highest BCUT2D eigenvalue weighted by molar-refractivity contribution is 5.96. The second-order valence-electron chi connectivity index (χ2n) is 12.0. The van der Waals surface area contributed by atoms with Gasteiger partial charge in [-0.1, -0.05) is 42.5 Å². The first-order chi connectivity index (χ1) is 22.4. The van der Waals surface area contributed by atoms with Crippen LogP contribution >= 0.6 is 0 Å². The molecule has 0 amide bonds. The van der Waals surface area contributed by atoms with Gasteiger partial charge in [0.15, 0.2) is 0 Å². The molecule has 0 aromatic heterocycles. The Balaban J connectivity index is 0.000000479. The topological polar surface area (TPSA) is 151 Å². The number of para-hydroxylation sites is 1. The van der Waals surface area contributed by atoms with Crippen LogP contribution in [0.1, 0.15) is 57.1 Å². The summed E-state index contributed by atoms with van der Waals surface area (Å²) in [5, 5.41) is 32.6. The highest BCUT2D eigenvalue weighted by Crippen LogP contribution is 2.33. The number of ether oxygens (including phenoxy) is 2. The third-order valence-corrected chi connectivity index (χ3v) is 8.46. The quantitative estimate of drug-likeness (QED) is 0.145. The number of nitro groups is 1. The number of nitrogens with zero attached hydrogens (tertiary/aromatic N) is 2. The van der Waals surface area contributed by atoms with Gasteiger partial charge in [-0.3, -0.25) is 15.0 Å². The fourth-order valence-corrected chi connectivity index (χ4v) is 5.83. The molecule has 0 saturated carbocycles. The SMILES string of the molecule is COC(=O)C1=C(C)NC(C)=C(C(=O)OC2(C)CCN(CCC(c3ccc(O)cc3)c3ccc(O)cc3)C2)C1.O=[N+]([O-])c1ccccc1. The van der Waals surface area contributed by atoms with Gasteiger partial charge in [-0.05, 0) is 69.1 Å². The first-order valence-corrected chi connectivity index (χ1v) is 15.4. The normalized spacial score (nSPS) is 17.9. The first kappa shape index (κ1) is 34.7. The third kappa shape index (κ3) is 9.20. The highest BCUT2D eigenvalue weighted by atomic mass is 16.6. The Morgan fingerprint density at radius 1 is 0.915 bits per heavy atom. The van der Waals surface area contributed by atoms with Crippen LogP contribution in [0, 0.1) is 10.1 Å². The molecule has 0 radical (unpaired) electrons. The van der Waals surface area contributed by atoms with Gasteiger partial charge in [0, 0.05) is 55.4 Å². The fraction of sp³-hybridized carbons (Fsp3) is 0.333. The van der Waals surface area contributed by atoms with Gasteiger partial charge in [-0.2, -0.15) is 0 Å². The third-order valence-electron chi connectivity index (χ3n) is 8.46. The largest absolute Gasteiger partial charge is 0.508 e. The van der Waals surface area contributed by atoms with E-state index in [-0.39, 0.29) is 29.5 Å². The average Bonchev–Trinajstić information content (AvgIpc) is 3.42. The number of rotatable bonds is 9. The monoisotopic (exact) mass is 643 g/mol. The molecule has 1 saturated heterocycles. The molecule has 1 atom stereocenters. The molecular formula is C36H41N3O8. The summed E-state index contributed by atoms with van der Waals surface area (Å²) in [7, 11) is 1.33. The number of non-ortho nitro benzene ring substituents is 1. The number of dihydropyridines is 1. The lowest BCUT2D eigenvalue weighted by atomic mass is 9.88. The van der Waals surface area contributed by atoms with Crippen molar-refractivity contribution < 1.29 is 34.2 Å². The highest BCUT2D eigenvalue weighted by Gasteiger charge is 2.39. The lowest BCUT2D eigenvalue weighted by molar-refractivity contribution is -0.384. The second-order valence-corrected chi connectivity index (χ2v) is 12.0. The average molecular weight is 644 g/mol. The van der Waals surface area contributed by atoms with E-state index < -0.39 is 22.5 Å². The van der Waals surface area contributed by atoms with Gasteiger partial charge in [-0.25, -0.2) is 9.59 Å². The van der Waals surface area contributed by atoms with Crippen LogP contribution in [0.15, 0.2) is 101 Å². The minimum absolute atomic E-state index is 0.0819. The number of phenols is 2. The van der Waals surface area contributed by atoms with Crippen LogP contribution in [0.2, 0.25) is 0 Å². The van der Waals surface area contributed by atoms with Crippen LogP contribution in [0.25, 0.3) is 0 Å². The minimum Gasteiger partial charge on any atom is -0.508 e. The van der Waals surface area contributed by atoms with Crippen molar-refractivity contribution in [2.24, 2.45) is 0 Å². The maximum atomic E-state index is 13.2. The summed E-state index contributed by atoms with van der Waals surface area (Å²) in [6.45, 7) is 7.75. The van der Waals surface area contributed by atoms with Crippen molar-refractivity contribution >= 4 is 17.6 Å². The first-order valence-electron chi connectivity index (χ1n) is 15.4. The van der Waals surface area contributed by atoms with Crippen molar-refractivity contribution in [3.63, 3.8) is 0 Å². The Labute approximate surface area is 274 Å². The molecule has 0 spiro atoms. The predicted octanol–water partition coefficient (Wildman–Crippen LogP) is 5.94. The number of allylic oxidation sites excluding steroid dienone is 2. The zero-order valence-electron chi connectivity index (χ0n) is 27.1. The molecule has 0 aliphatic carbocycles. The van der Waals surface area contributed by atoms with Crippen molar-refractivity contribution in [3.8, 4) is 11.5 Å². The predicted molar refractivity (Wildman–Crippen MR) is 176 cm³/mol. The number of hydrogen-bond acceptors (Lipinski definition) is 10. The van der Waals surface area contributed by atoms with Crippen LogP contribution in [0.3, 0.4) is 0 Å². The Kier molecular flexibility index (Phi) is 11.4. The van der Waals surface area contributed by atoms with Crippen molar-refractivity contribution in [1.29, 1.82) is 0 Å². The van der Waals surface area contributed by atoms with Crippen LogP contribution in [0.5, 0.6) is 11.5 Å². The van der Waals surface area contributed by atoms with Gasteiger partial charge >= 0.3 is 11.9 Å². The van der Waals surface area contributed by atoms with E-state index in [4.69, 9.17) is 9.47 Å². The Hall–Kier alpha value is -5.16. The summed E-state index contributed by atoms with van der Waals surface area (Å²) in [5.74, 6) is -0.350. The number of methoxy groups -OCH3 is 1. The van der Waals surface area contributed by atoms with Gasteiger partial charge in [0.1, 0.15) is 17.1 Å². The fourth-order valence-electron chi connectivity index (χ4n) is 5.83. The number of phenolic OH excluding ortho intramolecular Hbond substituents is 2. The van der Waals surface area contributed by atoms with E-state index in [9.17, 15) is 29.9 Å². The molecule has 3 N–H and O–H groups in total. The van der Waals surface area contributed by atoms with E-state index in [2.05, 4.69) is 10.2 Å². The van der Waals surface area contributed by atoms with Crippen LogP contribution in [-0.4, -0.2) is 64.3 Å². The van der Waals surface area contributed by atoms with Crippen molar-refractivity contribution in [2.45, 2.75) is 51.6 Å². The summed E-state index contributed by atoms with van der Waals surface area (Å²) in [6, 6.07) is 22.4. The maximum absolute atomic E-state index is 13.2. The summed E-state index contributed by atoms with van der Waals surface area (Å²) in [6.07, 6.45) is 1.71. The summed E-state index contributed by atoms with van der Waals surface area (Å²) >= 11 is 0.